The second kappa shape index (κ2) is 10.7. The van der Waals surface area contributed by atoms with Crippen LogP contribution in [0.1, 0.15) is 22.5 Å². The first kappa shape index (κ1) is 21.8. The molecule has 0 unspecified atom stereocenters. The molecule has 1 N–H and O–H groups in total. The SMILES string of the molecule is COc1ccc(C(=O)N(CCCN2CCOCC2)CC(=O)Nc2cc(C)on2)cc1. The van der Waals surface area contributed by atoms with Gasteiger partial charge in [0.2, 0.25) is 5.91 Å². The number of aromatic nitrogens is 1. The van der Waals surface area contributed by atoms with Crippen molar-refractivity contribution in [1.29, 1.82) is 0 Å². The molecule has 9 heteroatoms. The molecular weight excluding hydrogens is 388 g/mol. The molecule has 30 heavy (non-hydrogen) atoms. The van der Waals surface area contributed by atoms with E-state index in [0.29, 0.717) is 29.4 Å². The van der Waals surface area contributed by atoms with Gasteiger partial charge in [0.15, 0.2) is 5.82 Å². The Balaban J connectivity index is 1.62. The smallest absolute Gasteiger partial charge is 0.254 e. The molecule has 1 aliphatic rings. The number of carbonyl (C=O) groups excluding carboxylic acids is 2. The maximum Gasteiger partial charge on any atom is 0.254 e. The standard InChI is InChI=1S/C21H28N4O5/c1-16-14-19(23-30-16)22-20(26)15-25(9-3-8-24-10-12-29-13-11-24)21(27)17-4-6-18(28-2)7-5-17/h4-7,14H,3,8-13,15H2,1-2H3,(H,22,23,26). The Labute approximate surface area is 175 Å². The fourth-order valence-electron chi connectivity index (χ4n) is 3.26. The molecular formula is C21H28N4O5. The van der Waals surface area contributed by atoms with Crippen LogP contribution in [0.3, 0.4) is 0 Å². The molecule has 1 fully saturated rings. The van der Waals surface area contributed by atoms with Gasteiger partial charge in [-0.15, -0.1) is 0 Å². The van der Waals surface area contributed by atoms with Crippen molar-refractivity contribution < 1.29 is 23.6 Å². The summed E-state index contributed by atoms with van der Waals surface area (Å²) in [5.74, 6) is 1.08. The van der Waals surface area contributed by atoms with Crippen molar-refractivity contribution in [2.75, 3.05) is 58.4 Å². The van der Waals surface area contributed by atoms with Crippen molar-refractivity contribution in [1.82, 2.24) is 15.0 Å². The number of morpholine rings is 1. The van der Waals surface area contributed by atoms with E-state index in [4.69, 9.17) is 14.0 Å². The Morgan fingerprint density at radius 1 is 1.23 bits per heavy atom. The monoisotopic (exact) mass is 416 g/mol. The molecule has 2 amide bonds. The highest BCUT2D eigenvalue weighted by molar-refractivity contribution is 5.99. The molecule has 0 radical (unpaired) electrons. The lowest BCUT2D eigenvalue weighted by Crippen LogP contribution is -2.41. The zero-order valence-corrected chi connectivity index (χ0v) is 17.4. The molecule has 0 aliphatic carbocycles. The van der Waals surface area contributed by atoms with E-state index in [1.165, 1.54) is 0 Å². The highest BCUT2D eigenvalue weighted by Gasteiger charge is 2.20. The number of rotatable bonds is 9. The van der Waals surface area contributed by atoms with Crippen molar-refractivity contribution in [2.24, 2.45) is 0 Å². The van der Waals surface area contributed by atoms with Gasteiger partial charge in [0.1, 0.15) is 18.1 Å². The van der Waals surface area contributed by atoms with Crippen molar-refractivity contribution >= 4 is 17.6 Å². The zero-order valence-electron chi connectivity index (χ0n) is 17.4. The maximum atomic E-state index is 13.1. The summed E-state index contributed by atoms with van der Waals surface area (Å²) >= 11 is 0. The molecule has 2 heterocycles. The molecule has 3 rings (SSSR count). The van der Waals surface area contributed by atoms with Crippen LogP contribution in [0, 0.1) is 6.92 Å². The quantitative estimate of drug-likeness (QED) is 0.666. The van der Waals surface area contributed by atoms with Gasteiger partial charge in [-0.3, -0.25) is 14.5 Å². The predicted molar refractivity (Wildman–Crippen MR) is 111 cm³/mol. The summed E-state index contributed by atoms with van der Waals surface area (Å²) in [6.07, 6.45) is 0.762. The predicted octanol–water partition coefficient (Wildman–Crippen LogP) is 1.79. The number of nitrogens with zero attached hydrogens (tertiary/aromatic N) is 3. The minimum absolute atomic E-state index is 0.0696. The third-order valence-corrected chi connectivity index (χ3v) is 4.86. The first-order valence-corrected chi connectivity index (χ1v) is 10.0. The highest BCUT2D eigenvalue weighted by Crippen LogP contribution is 2.14. The van der Waals surface area contributed by atoms with Crippen LogP contribution < -0.4 is 10.1 Å². The maximum absolute atomic E-state index is 13.1. The average Bonchev–Trinajstić information content (AvgIpc) is 3.17. The van der Waals surface area contributed by atoms with Crippen molar-refractivity contribution in [3.05, 3.63) is 41.7 Å². The van der Waals surface area contributed by atoms with Crippen molar-refractivity contribution in [3.8, 4) is 5.75 Å². The number of hydrogen-bond acceptors (Lipinski definition) is 7. The Morgan fingerprint density at radius 3 is 2.60 bits per heavy atom. The zero-order chi connectivity index (χ0) is 21.3. The lowest BCUT2D eigenvalue weighted by atomic mass is 10.2. The van der Waals surface area contributed by atoms with E-state index in [9.17, 15) is 9.59 Å². The van der Waals surface area contributed by atoms with Gasteiger partial charge in [-0.25, -0.2) is 0 Å². The molecule has 0 spiro atoms. The molecule has 9 nitrogen and oxygen atoms in total. The fourth-order valence-corrected chi connectivity index (χ4v) is 3.26. The van der Waals surface area contributed by atoms with E-state index < -0.39 is 0 Å². The average molecular weight is 416 g/mol. The van der Waals surface area contributed by atoms with Crippen LogP contribution in [0.15, 0.2) is 34.9 Å². The van der Waals surface area contributed by atoms with E-state index in [0.717, 1.165) is 39.3 Å². The van der Waals surface area contributed by atoms with Gasteiger partial charge in [0, 0.05) is 37.8 Å². The second-order valence-electron chi connectivity index (χ2n) is 7.13. The van der Waals surface area contributed by atoms with E-state index in [1.54, 1.807) is 49.3 Å². The van der Waals surface area contributed by atoms with E-state index in [-0.39, 0.29) is 18.4 Å². The van der Waals surface area contributed by atoms with Crippen LogP contribution in [-0.2, 0) is 9.53 Å². The van der Waals surface area contributed by atoms with Gasteiger partial charge in [0.25, 0.3) is 5.91 Å². The summed E-state index contributed by atoms with van der Waals surface area (Å²) in [7, 11) is 1.57. The molecule has 0 bridgehead atoms. The fraction of sp³-hybridized carbons (Fsp3) is 0.476. The third kappa shape index (κ3) is 6.30. The Hall–Kier alpha value is -2.91. The first-order chi connectivity index (χ1) is 14.5. The highest BCUT2D eigenvalue weighted by atomic mass is 16.5. The molecule has 1 aromatic heterocycles. The van der Waals surface area contributed by atoms with Gasteiger partial charge in [-0.1, -0.05) is 5.16 Å². The summed E-state index contributed by atoms with van der Waals surface area (Å²) in [6, 6.07) is 8.50. The van der Waals surface area contributed by atoms with E-state index in [2.05, 4.69) is 15.4 Å². The normalized spacial score (nSPS) is 14.3. The van der Waals surface area contributed by atoms with E-state index >= 15 is 0 Å². The topological polar surface area (TPSA) is 97.1 Å². The lowest BCUT2D eigenvalue weighted by molar-refractivity contribution is -0.117. The largest absolute Gasteiger partial charge is 0.497 e. The molecule has 0 atom stereocenters. The minimum atomic E-state index is -0.323. The molecule has 0 saturated carbocycles. The molecule has 162 valence electrons. The summed E-state index contributed by atoms with van der Waals surface area (Å²) in [4.78, 5) is 29.4. The molecule has 1 aromatic carbocycles. The van der Waals surface area contributed by atoms with Crippen LogP contribution >= 0.6 is 0 Å². The van der Waals surface area contributed by atoms with Crippen LogP contribution in [-0.4, -0.2) is 79.8 Å². The van der Waals surface area contributed by atoms with Gasteiger partial charge in [-0.2, -0.15) is 0 Å². The number of methoxy groups -OCH3 is 1. The molecule has 2 aromatic rings. The number of ether oxygens (including phenoxy) is 2. The molecule has 1 aliphatic heterocycles. The summed E-state index contributed by atoms with van der Waals surface area (Å²) in [5.41, 5.74) is 0.507. The van der Waals surface area contributed by atoms with E-state index in [1.807, 2.05) is 0 Å². The number of benzene rings is 1. The number of carbonyl (C=O) groups is 2. The number of anilines is 1. The van der Waals surface area contributed by atoms with Gasteiger partial charge < -0.3 is 24.2 Å². The summed E-state index contributed by atoms with van der Waals surface area (Å²) in [6.45, 7) is 6.22. The molecule has 1 saturated heterocycles. The van der Waals surface area contributed by atoms with Gasteiger partial charge in [-0.05, 0) is 37.6 Å². The lowest BCUT2D eigenvalue weighted by Gasteiger charge is -2.28. The summed E-state index contributed by atoms with van der Waals surface area (Å²) in [5, 5.41) is 6.44. The Kier molecular flexibility index (Phi) is 7.81. The number of nitrogens with one attached hydrogen (secondary N) is 1. The van der Waals surface area contributed by atoms with Crippen LogP contribution in [0.25, 0.3) is 0 Å². The number of hydrogen-bond donors (Lipinski definition) is 1. The van der Waals surface area contributed by atoms with Crippen LogP contribution in [0.5, 0.6) is 5.75 Å². The minimum Gasteiger partial charge on any atom is -0.497 e. The van der Waals surface area contributed by atoms with Crippen molar-refractivity contribution in [3.63, 3.8) is 0 Å². The third-order valence-electron chi connectivity index (χ3n) is 4.86. The Morgan fingerprint density at radius 2 is 1.97 bits per heavy atom. The summed E-state index contributed by atoms with van der Waals surface area (Å²) < 4.78 is 15.5. The number of amides is 2. The first-order valence-electron chi connectivity index (χ1n) is 10.0. The van der Waals surface area contributed by atoms with Gasteiger partial charge in [0.05, 0.1) is 20.3 Å². The second-order valence-corrected chi connectivity index (χ2v) is 7.13. The Bertz CT molecular complexity index is 830. The van der Waals surface area contributed by atoms with Crippen molar-refractivity contribution in [2.45, 2.75) is 13.3 Å². The number of aryl methyl sites for hydroxylation is 1. The van der Waals surface area contributed by atoms with Crippen LogP contribution in [0.4, 0.5) is 5.82 Å². The van der Waals surface area contributed by atoms with Crippen LogP contribution in [0.2, 0.25) is 0 Å². The van der Waals surface area contributed by atoms with Gasteiger partial charge >= 0.3 is 0 Å².